The molecule has 47 heavy (non-hydrogen) atoms. The molecule has 0 radical (unpaired) electrons. The Morgan fingerprint density at radius 1 is 0.872 bits per heavy atom. The Hall–Kier alpha value is -3.97. The summed E-state index contributed by atoms with van der Waals surface area (Å²) in [6.07, 6.45) is 14.9. The van der Waals surface area contributed by atoms with E-state index in [1.54, 1.807) is 0 Å². The summed E-state index contributed by atoms with van der Waals surface area (Å²) in [5, 5.41) is 8.29. The molecule has 0 saturated heterocycles. The van der Waals surface area contributed by atoms with Crippen LogP contribution in [-0.4, -0.2) is 40.1 Å². The van der Waals surface area contributed by atoms with Crippen molar-refractivity contribution >= 4 is 71.6 Å². The molecule has 0 atom stereocenters. The molecule has 2 aliphatic rings. The monoisotopic (exact) mass is 662 g/mol. The lowest BCUT2D eigenvalue weighted by Crippen LogP contribution is -2.16. The van der Waals surface area contributed by atoms with Gasteiger partial charge in [-0.05, 0) is 72.2 Å². The van der Waals surface area contributed by atoms with Gasteiger partial charge in [-0.3, -0.25) is 0 Å². The van der Waals surface area contributed by atoms with Crippen molar-refractivity contribution in [3.8, 4) is 0 Å². The van der Waals surface area contributed by atoms with Gasteiger partial charge in [-0.15, -0.1) is 0 Å². The molecular formula is C40H39ClN2O3S. The first-order valence-corrected chi connectivity index (χ1v) is 18.7. The van der Waals surface area contributed by atoms with Gasteiger partial charge in [-0.25, -0.2) is 8.42 Å². The highest BCUT2D eigenvalue weighted by molar-refractivity contribution is 7.85. The van der Waals surface area contributed by atoms with Crippen LogP contribution in [0.15, 0.2) is 107 Å². The third-order valence-electron chi connectivity index (χ3n) is 9.58. The van der Waals surface area contributed by atoms with Gasteiger partial charge in [0, 0.05) is 57.5 Å². The summed E-state index contributed by atoms with van der Waals surface area (Å²) in [4.78, 5) is 0. The van der Waals surface area contributed by atoms with E-state index < -0.39 is 10.1 Å². The average Bonchev–Trinajstić information content (AvgIpc) is 3.54. The lowest BCUT2D eigenvalue weighted by atomic mass is 9.93. The number of aromatic nitrogens is 1. The largest absolute Gasteiger partial charge is 0.748 e. The SMILES string of the molecule is CCCCn1/c(=C/C=C2\CCCC(/C=C/C3=[N+](CCCCS(=O)(=O)[O-])c4cccc5cccc3c45)=C2Cl)c2cccc3cccc1c32. The molecule has 0 fully saturated rings. The Labute approximate surface area is 281 Å². The maximum absolute atomic E-state index is 11.2. The van der Waals surface area contributed by atoms with Crippen LogP contribution in [0, 0.1) is 0 Å². The number of aryl methyl sites for hydroxylation is 1. The Morgan fingerprint density at radius 3 is 2.40 bits per heavy atom. The Kier molecular flexibility index (Phi) is 8.93. The average molecular weight is 663 g/mol. The lowest BCUT2D eigenvalue weighted by molar-refractivity contribution is -0.436. The predicted molar refractivity (Wildman–Crippen MR) is 195 cm³/mol. The molecule has 0 bridgehead atoms. The van der Waals surface area contributed by atoms with E-state index in [0.717, 1.165) is 71.8 Å². The molecule has 0 saturated carbocycles. The van der Waals surface area contributed by atoms with Crippen molar-refractivity contribution in [1.29, 1.82) is 0 Å². The fourth-order valence-corrected chi connectivity index (χ4v) is 8.22. The van der Waals surface area contributed by atoms with Crippen molar-refractivity contribution in [1.82, 2.24) is 4.57 Å². The lowest BCUT2D eigenvalue weighted by Gasteiger charge is -2.16. The van der Waals surface area contributed by atoms with E-state index in [1.165, 1.54) is 37.8 Å². The van der Waals surface area contributed by atoms with Crippen molar-refractivity contribution in [2.45, 2.75) is 58.4 Å². The van der Waals surface area contributed by atoms with Crippen LogP contribution in [0.2, 0.25) is 0 Å². The maximum Gasteiger partial charge on any atom is 0.214 e. The molecule has 240 valence electrons. The van der Waals surface area contributed by atoms with Gasteiger partial charge in [0.05, 0.1) is 21.1 Å². The number of hydrogen-bond donors (Lipinski definition) is 0. The third-order valence-corrected chi connectivity index (χ3v) is 10.9. The third kappa shape index (κ3) is 6.22. The Balaban J connectivity index is 1.26. The quantitative estimate of drug-likeness (QED) is 0.0806. The number of nitrogens with zero attached hydrogens (tertiary/aromatic N) is 2. The van der Waals surface area contributed by atoms with E-state index in [1.807, 2.05) is 0 Å². The topological polar surface area (TPSA) is 65.1 Å². The summed E-state index contributed by atoms with van der Waals surface area (Å²) in [7, 11) is -4.23. The van der Waals surface area contributed by atoms with Crippen LogP contribution < -0.4 is 5.35 Å². The fraction of sp³-hybridized carbons (Fsp3) is 0.275. The summed E-state index contributed by atoms with van der Waals surface area (Å²) in [6.45, 7) is 3.84. The first-order chi connectivity index (χ1) is 22.8. The predicted octanol–water partition coefficient (Wildman–Crippen LogP) is 8.88. The van der Waals surface area contributed by atoms with Gasteiger partial charge in [0.1, 0.15) is 6.54 Å². The number of benzene rings is 4. The molecule has 1 aromatic heterocycles. The minimum Gasteiger partial charge on any atom is -0.748 e. The summed E-state index contributed by atoms with van der Waals surface area (Å²) in [5.74, 6) is -0.339. The van der Waals surface area contributed by atoms with Crippen LogP contribution in [0.1, 0.15) is 57.4 Å². The first kappa shape index (κ1) is 31.6. The highest BCUT2D eigenvalue weighted by Gasteiger charge is 2.30. The Bertz CT molecular complexity index is 2300. The number of rotatable bonds is 11. The number of halogens is 1. The Morgan fingerprint density at radius 2 is 1.62 bits per heavy atom. The number of hydrogen-bond acceptors (Lipinski definition) is 3. The second kappa shape index (κ2) is 13.3. The molecule has 2 heterocycles. The van der Waals surface area contributed by atoms with Crippen LogP contribution >= 0.6 is 11.6 Å². The van der Waals surface area contributed by atoms with Gasteiger partial charge in [-0.2, -0.15) is 4.58 Å². The summed E-state index contributed by atoms with van der Waals surface area (Å²) in [6, 6.07) is 25.8. The molecule has 4 aromatic carbocycles. The van der Waals surface area contributed by atoms with Crippen molar-refractivity contribution in [3.63, 3.8) is 0 Å². The van der Waals surface area contributed by atoms with Crippen molar-refractivity contribution < 1.29 is 17.5 Å². The molecule has 5 aromatic rings. The second-order valence-corrected chi connectivity index (χ2v) is 14.5. The van der Waals surface area contributed by atoms with Gasteiger partial charge in [0.25, 0.3) is 0 Å². The van der Waals surface area contributed by atoms with Gasteiger partial charge in [0.15, 0.2) is 0 Å². The standard InChI is InChI=1S/C40H39ClN2O3S/c1-2-3-25-42-34(32-17-7-11-28-13-9-19-36(42)38(28)32)23-21-30-15-6-16-31(40(30)41)22-24-35-33-18-8-12-29-14-10-20-37(39(29)33)43(35)26-4-5-27-47(44,45)46/h7-14,17-24H,2-6,15-16,25-27H2,1H3. The van der Waals surface area contributed by atoms with Crippen molar-refractivity contribution in [3.05, 3.63) is 118 Å². The minimum absolute atomic E-state index is 0.335. The van der Waals surface area contributed by atoms with E-state index in [0.29, 0.717) is 19.4 Å². The fourth-order valence-electron chi connectivity index (χ4n) is 7.34. The molecular weight excluding hydrogens is 624 g/mol. The van der Waals surface area contributed by atoms with E-state index >= 15 is 0 Å². The summed E-state index contributed by atoms with van der Waals surface area (Å²) >= 11 is 7.17. The van der Waals surface area contributed by atoms with Crippen LogP contribution in [0.4, 0.5) is 5.69 Å². The van der Waals surface area contributed by atoms with Crippen LogP contribution in [0.3, 0.4) is 0 Å². The van der Waals surface area contributed by atoms with E-state index in [9.17, 15) is 13.0 Å². The van der Waals surface area contributed by atoms with Crippen LogP contribution in [0.25, 0.3) is 38.5 Å². The van der Waals surface area contributed by atoms with Crippen LogP contribution in [0.5, 0.6) is 0 Å². The van der Waals surface area contributed by atoms with Crippen molar-refractivity contribution in [2.75, 3.05) is 12.3 Å². The molecule has 0 amide bonds. The van der Waals surface area contributed by atoms with Gasteiger partial charge in [-0.1, -0.05) is 91.7 Å². The van der Waals surface area contributed by atoms with Crippen molar-refractivity contribution in [2.24, 2.45) is 0 Å². The molecule has 5 nitrogen and oxygen atoms in total. The van der Waals surface area contributed by atoms with Gasteiger partial charge >= 0.3 is 0 Å². The first-order valence-electron chi connectivity index (χ1n) is 16.7. The van der Waals surface area contributed by atoms with E-state index in [-0.39, 0.29) is 5.75 Å². The highest BCUT2D eigenvalue weighted by Crippen LogP contribution is 2.37. The van der Waals surface area contributed by atoms with E-state index in [4.69, 9.17) is 11.6 Å². The maximum atomic E-state index is 11.2. The van der Waals surface area contributed by atoms with Gasteiger partial charge in [0.2, 0.25) is 11.4 Å². The zero-order valence-corrected chi connectivity index (χ0v) is 28.3. The summed E-state index contributed by atoms with van der Waals surface area (Å²) in [5.41, 5.74) is 6.89. The number of allylic oxidation sites excluding steroid dienone is 6. The molecule has 7 rings (SSSR count). The normalized spacial score (nSPS) is 16.8. The molecule has 7 heteroatoms. The molecule has 0 unspecified atom stereocenters. The molecule has 1 aliphatic carbocycles. The minimum atomic E-state index is -4.23. The second-order valence-electron chi connectivity index (χ2n) is 12.6. The number of unbranched alkanes of at least 4 members (excludes halogenated alkanes) is 2. The highest BCUT2D eigenvalue weighted by atomic mass is 35.5. The zero-order valence-electron chi connectivity index (χ0n) is 26.7. The van der Waals surface area contributed by atoms with E-state index in [2.05, 4.69) is 113 Å². The zero-order chi connectivity index (χ0) is 32.5. The molecule has 0 N–H and O–H groups in total. The molecule has 1 aliphatic heterocycles. The molecule has 0 spiro atoms. The summed E-state index contributed by atoms with van der Waals surface area (Å²) < 4.78 is 38.4. The van der Waals surface area contributed by atoms with Gasteiger partial charge < -0.3 is 9.12 Å². The van der Waals surface area contributed by atoms with Crippen LogP contribution in [-0.2, 0) is 16.7 Å². The smallest absolute Gasteiger partial charge is 0.214 e.